The van der Waals surface area contributed by atoms with Crippen LogP contribution >= 0.6 is 0 Å². The van der Waals surface area contributed by atoms with Crippen LogP contribution in [0.25, 0.3) is 0 Å². The number of hydrogen-bond acceptors (Lipinski definition) is 2. The van der Waals surface area contributed by atoms with E-state index in [1.54, 1.807) is 0 Å². The fraction of sp³-hybridized carbons (Fsp3) is 1.00. The van der Waals surface area contributed by atoms with Crippen molar-refractivity contribution < 1.29 is 4.74 Å². The second-order valence-corrected chi connectivity index (χ2v) is 8.47. The second-order valence-electron chi connectivity index (χ2n) is 8.47. The van der Waals surface area contributed by atoms with Crippen LogP contribution in [0, 0.1) is 29.1 Å². The van der Waals surface area contributed by atoms with Crippen LogP contribution in [0.4, 0.5) is 0 Å². The molecule has 0 aliphatic heterocycles. The van der Waals surface area contributed by atoms with Crippen LogP contribution < -0.4 is 5.32 Å². The summed E-state index contributed by atoms with van der Waals surface area (Å²) in [4.78, 5) is 0. The van der Waals surface area contributed by atoms with E-state index >= 15 is 0 Å². The SMILES string of the molecule is COCC(NC(C)C12CC3CC(CC(C3)C1)C2)C(C)C. The monoisotopic (exact) mass is 279 g/mol. The first kappa shape index (κ1) is 14.8. The molecule has 0 aromatic carbocycles. The average Bonchev–Trinajstić information content (AvgIpc) is 2.36. The van der Waals surface area contributed by atoms with Gasteiger partial charge in [0.1, 0.15) is 0 Å². The summed E-state index contributed by atoms with van der Waals surface area (Å²) < 4.78 is 5.42. The Morgan fingerprint density at radius 2 is 1.50 bits per heavy atom. The predicted molar refractivity (Wildman–Crippen MR) is 83.7 cm³/mol. The van der Waals surface area contributed by atoms with Crippen LogP contribution in [0.15, 0.2) is 0 Å². The summed E-state index contributed by atoms with van der Waals surface area (Å²) in [5, 5.41) is 3.95. The van der Waals surface area contributed by atoms with Crippen molar-refractivity contribution in [1.29, 1.82) is 0 Å². The summed E-state index contributed by atoms with van der Waals surface area (Å²) in [6, 6.07) is 1.15. The quantitative estimate of drug-likeness (QED) is 0.797. The molecule has 0 aromatic heterocycles. The highest BCUT2D eigenvalue weighted by Crippen LogP contribution is 2.61. The van der Waals surface area contributed by atoms with Crippen molar-refractivity contribution in [1.82, 2.24) is 5.32 Å². The van der Waals surface area contributed by atoms with Crippen molar-refractivity contribution in [3.8, 4) is 0 Å². The van der Waals surface area contributed by atoms with Gasteiger partial charge in [-0.2, -0.15) is 0 Å². The molecule has 2 nitrogen and oxygen atoms in total. The van der Waals surface area contributed by atoms with E-state index in [2.05, 4.69) is 26.1 Å². The van der Waals surface area contributed by atoms with Gasteiger partial charge in [0.15, 0.2) is 0 Å². The molecule has 2 atom stereocenters. The third-order valence-corrected chi connectivity index (χ3v) is 6.62. The average molecular weight is 279 g/mol. The van der Waals surface area contributed by atoms with E-state index in [0.29, 0.717) is 23.4 Å². The molecule has 20 heavy (non-hydrogen) atoms. The molecular formula is C18H33NO. The molecule has 0 heterocycles. The van der Waals surface area contributed by atoms with Gasteiger partial charge in [0.2, 0.25) is 0 Å². The van der Waals surface area contributed by atoms with Crippen LogP contribution in [-0.2, 0) is 4.74 Å². The largest absolute Gasteiger partial charge is 0.383 e. The maximum absolute atomic E-state index is 5.42. The molecule has 0 spiro atoms. The molecule has 4 fully saturated rings. The van der Waals surface area contributed by atoms with Gasteiger partial charge in [-0.15, -0.1) is 0 Å². The summed E-state index contributed by atoms with van der Waals surface area (Å²) in [6.07, 6.45) is 9.09. The number of nitrogens with one attached hydrogen (secondary N) is 1. The van der Waals surface area contributed by atoms with Crippen LogP contribution in [0.1, 0.15) is 59.3 Å². The lowest BCUT2D eigenvalue weighted by Gasteiger charge is -2.59. The molecule has 2 unspecified atom stereocenters. The third kappa shape index (κ3) is 2.66. The highest BCUT2D eigenvalue weighted by atomic mass is 16.5. The fourth-order valence-electron chi connectivity index (χ4n) is 5.82. The van der Waals surface area contributed by atoms with E-state index in [9.17, 15) is 0 Å². The lowest BCUT2D eigenvalue weighted by Crippen LogP contribution is -2.57. The molecule has 2 heteroatoms. The molecule has 0 radical (unpaired) electrons. The van der Waals surface area contributed by atoms with Gasteiger partial charge in [0.05, 0.1) is 6.61 Å². The first-order chi connectivity index (χ1) is 9.52. The highest BCUT2D eigenvalue weighted by Gasteiger charge is 2.53. The van der Waals surface area contributed by atoms with Crippen molar-refractivity contribution in [2.75, 3.05) is 13.7 Å². The zero-order chi connectivity index (χ0) is 14.3. The Morgan fingerprint density at radius 3 is 1.90 bits per heavy atom. The first-order valence-corrected chi connectivity index (χ1v) is 8.77. The van der Waals surface area contributed by atoms with Crippen LogP contribution in [0.5, 0.6) is 0 Å². The van der Waals surface area contributed by atoms with Gasteiger partial charge in [-0.1, -0.05) is 13.8 Å². The van der Waals surface area contributed by atoms with E-state index in [1.807, 2.05) is 7.11 Å². The molecular weight excluding hydrogens is 246 g/mol. The van der Waals surface area contributed by atoms with E-state index in [0.717, 1.165) is 24.4 Å². The minimum absolute atomic E-state index is 0.503. The van der Waals surface area contributed by atoms with Gasteiger partial charge in [-0.05, 0) is 74.5 Å². The lowest BCUT2D eigenvalue weighted by atomic mass is 9.48. The van der Waals surface area contributed by atoms with Gasteiger partial charge in [0.25, 0.3) is 0 Å². The van der Waals surface area contributed by atoms with E-state index in [4.69, 9.17) is 4.74 Å². The van der Waals surface area contributed by atoms with E-state index in [-0.39, 0.29) is 0 Å². The van der Waals surface area contributed by atoms with Crippen LogP contribution in [-0.4, -0.2) is 25.8 Å². The molecule has 116 valence electrons. The summed E-state index contributed by atoms with van der Waals surface area (Å²) in [5.74, 6) is 3.78. The van der Waals surface area contributed by atoms with Crippen molar-refractivity contribution in [3.05, 3.63) is 0 Å². The summed E-state index contributed by atoms with van der Waals surface area (Å²) in [5.41, 5.74) is 0.607. The standard InChI is InChI=1S/C18H33NO/c1-12(2)17(11-20-4)19-13(3)18-8-14-5-15(9-18)7-16(6-14)10-18/h12-17,19H,5-11H2,1-4H3. The predicted octanol–water partition coefficient (Wildman–Crippen LogP) is 3.85. The summed E-state index contributed by atoms with van der Waals surface area (Å²) in [6.45, 7) is 7.92. The molecule has 1 N–H and O–H groups in total. The van der Waals surface area contributed by atoms with Crippen molar-refractivity contribution >= 4 is 0 Å². The smallest absolute Gasteiger partial charge is 0.0618 e. The van der Waals surface area contributed by atoms with Crippen molar-refractivity contribution in [3.63, 3.8) is 0 Å². The zero-order valence-electron chi connectivity index (χ0n) is 13.8. The Labute approximate surface area is 125 Å². The highest BCUT2D eigenvalue weighted by molar-refractivity contribution is 5.05. The Balaban J connectivity index is 1.68. The summed E-state index contributed by atoms with van der Waals surface area (Å²) >= 11 is 0. The van der Waals surface area contributed by atoms with E-state index in [1.165, 1.54) is 38.5 Å². The Kier molecular flexibility index (Phi) is 4.16. The number of rotatable bonds is 6. The Bertz CT molecular complexity index is 303. The molecule has 0 aromatic rings. The molecule has 0 saturated heterocycles. The number of ether oxygens (including phenoxy) is 1. The van der Waals surface area contributed by atoms with Crippen molar-refractivity contribution in [2.24, 2.45) is 29.1 Å². The lowest BCUT2D eigenvalue weighted by molar-refractivity contribution is -0.0743. The van der Waals surface area contributed by atoms with Gasteiger partial charge in [-0.25, -0.2) is 0 Å². The van der Waals surface area contributed by atoms with Crippen molar-refractivity contribution in [2.45, 2.75) is 71.4 Å². The molecule has 4 aliphatic rings. The van der Waals surface area contributed by atoms with Gasteiger partial charge < -0.3 is 10.1 Å². The second kappa shape index (κ2) is 5.61. The molecule has 4 aliphatic carbocycles. The van der Waals surface area contributed by atoms with Gasteiger partial charge >= 0.3 is 0 Å². The molecule has 4 saturated carbocycles. The van der Waals surface area contributed by atoms with Crippen LogP contribution in [0.2, 0.25) is 0 Å². The zero-order valence-corrected chi connectivity index (χ0v) is 13.8. The number of methoxy groups -OCH3 is 1. The van der Waals surface area contributed by atoms with Gasteiger partial charge in [-0.3, -0.25) is 0 Å². The number of hydrogen-bond donors (Lipinski definition) is 1. The Morgan fingerprint density at radius 1 is 1.00 bits per heavy atom. The fourth-order valence-corrected chi connectivity index (χ4v) is 5.82. The summed E-state index contributed by atoms with van der Waals surface area (Å²) in [7, 11) is 1.83. The van der Waals surface area contributed by atoms with Crippen LogP contribution in [0.3, 0.4) is 0 Å². The molecule has 4 rings (SSSR count). The maximum Gasteiger partial charge on any atom is 0.0618 e. The topological polar surface area (TPSA) is 21.3 Å². The molecule has 4 bridgehead atoms. The third-order valence-electron chi connectivity index (χ3n) is 6.62. The minimum Gasteiger partial charge on any atom is -0.383 e. The normalized spacial score (nSPS) is 42.1. The molecule has 0 amide bonds. The first-order valence-electron chi connectivity index (χ1n) is 8.77. The minimum atomic E-state index is 0.503. The van der Waals surface area contributed by atoms with Gasteiger partial charge in [0, 0.05) is 19.2 Å². The van der Waals surface area contributed by atoms with E-state index < -0.39 is 0 Å². The Hall–Kier alpha value is -0.0800. The maximum atomic E-state index is 5.42.